The summed E-state index contributed by atoms with van der Waals surface area (Å²) in [5.74, 6) is -0.633. The summed E-state index contributed by atoms with van der Waals surface area (Å²) in [5.41, 5.74) is 4.96. The van der Waals surface area contributed by atoms with Crippen molar-refractivity contribution in [2.24, 2.45) is 11.8 Å². The molecule has 0 radical (unpaired) electrons. The Bertz CT molecular complexity index is 796. The minimum Gasteiger partial charge on any atom is -0.326 e. The molecule has 25 heavy (non-hydrogen) atoms. The maximum Gasteiger partial charge on any atom is 0.228 e. The Morgan fingerprint density at radius 1 is 0.960 bits per heavy atom. The number of aryl methyl sites for hydroxylation is 3. The van der Waals surface area contributed by atoms with Gasteiger partial charge in [-0.2, -0.15) is 0 Å². The zero-order valence-electron chi connectivity index (χ0n) is 14.9. The minimum absolute atomic E-state index is 0.0739. The van der Waals surface area contributed by atoms with E-state index in [-0.39, 0.29) is 23.7 Å². The highest BCUT2D eigenvalue weighted by Gasteiger charge is 2.48. The van der Waals surface area contributed by atoms with Gasteiger partial charge in [-0.05, 0) is 61.6 Å². The van der Waals surface area contributed by atoms with Crippen molar-refractivity contribution < 1.29 is 9.59 Å². The average molecular weight is 336 g/mol. The molecule has 1 fully saturated rings. The Labute approximate surface area is 148 Å². The molecule has 130 valence electrons. The molecule has 0 aliphatic heterocycles. The van der Waals surface area contributed by atoms with Gasteiger partial charge in [-0.15, -0.1) is 0 Å². The van der Waals surface area contributed by atoms with Crippen LogP contribution in [-0.4, -0.2) is 11.8 Å². The second-order valence-electron chi connectivity index (χ2n) is 6.80. The number of hydrogen-bond donors (Lipinski definition) is 2. The summed E-state index contributed by atoms with van der Waals surface area (Å²) in [6.07, 6.45) is 1.58. The van der Waals surface area contributed by atoms with Gasteiger partial charge in [0.1, 0.15) is 0 Å². The van der Waals surface area contributed by atoms with Gasteiger partial charge < -0.3 is 10.6 Å². The fraction of sp³-hybridized carbons (Fsp3) is 0.333. The molecule has 0 aromatic heterocycles. The summed E-state index contributed by atoms with van der Waals surface area (Å²) in [5, 5.41) is 5.86. The van der Waals surface area contributed by atoms with Crippen LogP contribution in [0.3, 0.4) is 0 Å². The molecule has 2 aromatic carbocycles. The molecular weight excluding hydrogens is 312 g/mol. The van der Waals surface area contributed by atoms with Gasteiger partial charge in [-0.3, -0.25) is 9.59 Å². The number of carbonyl (C=O) groups is 2. The van der Waals surface area contributed by atoms with E-state index in [4.69, 9.17) is 0 Å². The lowest BCUT2D eigenvalue weighted by atomic mass is 10.1. The first-order valence-electron chi connectivity index (χ1n) is 8.76. The SMILES string of the molecule is CCc1ccc(NC(=O)C2CC2C(=O)Nc2cc(C)ccc2C)cc1. The standard InChI is InChI=1S/C21H24N2O2/c1-4-15-7-9-16(10-8-15)22-20(24)17-12-18(17)21(25)23-19-11-13(2)5-6-14(19)3/h5-11,17-18H,4,12H2,1-3H3,(H,22,24)(H,23,25). The van der Waals surface area contributed by atoms with Crippen molar-refractivity contribution in [3.05, 3.63) is 59.2 Å². The molecule has 1 aliphatic rings. The molecule has 2 N–H and O–H groups in total. The van der Waals surface area contributed by atoms with Crippen molar-refractivity contribution in [2.75, 3.05) is 10.6 Å². The third-order valence-corrected chi connectivity index (χ3v) is 4.74. The molecule has 2 unspecified atom stereocenters. The highest BCUT2D eigenvalue weighted by atomic mass is 16.2. The van der Waals surface area contributed by atoms with Gasteiger partial charge in [-0.1, -0.05) is 31.2 Å². The van der Waals surface area contributed by atoms with Gasteiger partial charge in [0.05, 0.1) is 11.8 Å². The van der Waals surface area contributed by atoms with Gasteiger partial charge in [0.25, 0.3) is 0 Å². The molecule has 0 bridgehead atoms. The van der Waals surface area contributed by atoms with Crippen LogP contribution >= 0.6 is 0 Å². The Kier molecular flexibility index (Phi) is 4.88. The van der Waals surface area contributed by atoms with Crippen molar-refractivity contribution in [3.63, 3.8) is 0 Å². The van der Waals surface area contributed by atoms with Crippen molar-refractivity contribution >= 4 is 23.2 Å². The largest absolute Gasteiger partial charge is 0.326 e. The number of hydrogen-bond acceptors (Lipinski definition) is 2. The summed E-state index contributed by atoms with van der Waals surface area (Å²) in [7, 11) is 0. The van der Waals surface area contributed by atoms with E-state index in [1.54, 1.807) is 0 Å². The molecule has 4 heteroatoms. The van der Waals surface area contributed by atoms with Crippen molar-refractivity contribution in [1.29, 1.82) is 0 Å². The third kappa shape index (κ3) is 4.08. The van der Waals surface area contributed by atoms with Gasteiger partial charge in [0, 0.05) is 11.4 Å². The third-order valence-electron chi connectivity index (χ3n) is 4.74. The predicted molar refractivity (Wildman–Crippen MR) is 101 cm³/mol. The van der Waals surface area contributed by atoms with Crippen LogP contribution in [0.5, 0.6) is 0 Å². The number of carbonyl (C=O) groups excluding carboxylic acids is 2. The van der Waals surface area contributed by atoms with Gasteiger partial charge in [0.2, 0.25) is 11.8 Å². The summed E-state index contributed by atoms with van der Waals surface area (Å²) in [6, 6.07) is 13.8. The van der Waals surface area contributed by atoms with E-state index in [0.29, 0.717) is 6.42 Å². The van der Waals surface area contributed by atoms with E-state index in [0.717, 1.165) is 28.9 Å². The van der Waals surface area contributed by atoms with Gasteiger partial charge in [-0.25, -0.2) is 0 Å². The fourth-order valence-electron chi connectivity index (χ4n) is 2.93. The minimum atomic E-state index is -0.241. The second kappa shape index (κ2) is 7.09. The lowest BCUT2D eigenvalue weighted by molar-refractivity contribution is -0.122. The molecule has 1 aliphatic carbocycles. The number of benzene rings is 2. The summed E-state index contributed by atoms with van der Waals surface area (Å²) < 4.78 is 0. The van der Waals surface area contributed by atoms with Crippen LogP contribution in [0.4, 0.5) is 11.4 Å². The van der Waals surface area contributed by atoms with Crippen LogP contribution in [0.1, 0.15) is 30.0 Å². The molecular formula is C21H24N2O2. The van der Waals surface area contributed by atoms with E-state index >= 15 is 0 Å². The number of anilines is 2. The monoisotopic (exact) mass is 336 g/mol. The Balaban J connectivity index is 1.56. The van der Waals surface area contributed by atoms with E-state index < -0.39 is 0 Å². The second-order valence-corrected chi connectivity index (χ2v) is 6.80. The van der Waals surface area contributed by atoms with Crippen LogP contribution in [0.2, 0.25) is 0 Å². The number of amides is 2. The van der Waals surface area contributed by atoms with Crippen LogP contribution in [0.25, 0.3) is 0 Å². The van der Waals surface area contributed by atoms with E-state index in [2.05, 4.69) is 17.6 Å². The Hall–Kier alpha value is -2.62. The first-order valence-corrected chi connectivity index (χ1v) is 8.76. The average Bonchev–Trinajstić information content (AvgIpc) is 3.40. The first-order chi connectivity index (χ1) is 12.0. The lowest BCUT2D eigenvalue weighted by Crippen LogP contribution is -2.21. The van der Waals surface area contributed by atoms with Crippen LogP contribution in [0, 0.1) is 25.7 Å². The van der Waals surface area contributed by atoms with Gasteiger partial charge in [0.15, 0.2) is 0 Å². The number of nitrogens with one attached hydrogen (secondary N) is 2. The smallest absolute Gasteiger partial charge is 0.228 e. The van der Waals surface area contributed by atoms with Gasteiger partial charge >= 0.3 is 0 Å². The summed E-state index contributed by atoms with van der Waals surface area (Å²) >= 11 is 0. The lowest BCUT2D eigenvalue weighted by Gasteiger charge is -2.09. The quantitative estimate of drug-likeness (QED) is 0.864. The molecule has 1 saturated carbocycles. The molecule has 0 spiro atoms. The Morgan fingerprint density at radius 2 is 1.60 bits per heavy atom. The fourth-order valence-corrected chi connectivity index (χ4v) is 2.93. The molecule has 4 nitrogen and oxygen atoms in total. The topological polar surface area (TPSA) is 58.2 Å². The predicted octanol–water partition coefficient (Wildman–Crippen LogP) is 4.08. The molecule has 2 amide bonds. The Morgan fingerprint density at radius 3 is 2.24 bits per heavy atom. The molecule has 3 rings (SSSR count). The number of rotatable bonds is 5. The normalized spacial score (nSPS) is 18.5. The zero-order chi connectivity index (χ0) is 18.0. The summed E-state index contributed by atoms with van der Waals surface area (Å²) in [6.45, 7) is 6.05. The molecule has 2 aromatic rings. The van der Waals surface area contributed by atoms with Crippen LogP contribution in [0.15, 0.2) is 42.5 Å². The van der Waals surface area contributed by atoms with E-state index in [1.165, 1.54) is 5.56 Å². The molecule has 0 heterocycles. The van der Waals surface area contributed by atoms with Crippen molar-refractivity contribution in [3.8, 4) is 0 Å². The maximum absolute atomic E-state index is 12.4. The van der Waals surface area contributed by atoms with E-state index in [9.17, 15) is 9.59 Å². The van der Waals surface area contributed by atoms with Crippen LogP contribution in [-0.2, 0) is 16.0 Å². The molecule has 2 atom stereocenters. The van der Waals surface area contributed by atoms with E-state index in [1.807, 2.05) is 56.3 Å². The molecule has 0 saturated heterocycles. The highest BCUT2D eigenvalue weighted by molar-refractivity contribution is 6.03. The van der Waals surface area contributed by atoms with Crippen molar-refractivity contribution in [2.45, 2.75) is 33.6 Å². The highest BCUT2D eigenvalue weighted by Crippen LogP contribution is 2.40. The van der Waals surface area contributed by atoms with Crippen molar-refractivity contribution in [1.82, 2.24) is 0 Å². The maximum atomic E-state index is 12.4. The summed E-state index contributed by atoms with van der Waals surface area (Å²) in [4.78, 5) is 24.7. The zero-order valence-corrected chi connectivity index (χ0v) is 14.9. The first kappa shape index (κ1) is 17.2. The van der Waals surface area contributed by atoms with Crippen LogP contribution < -0.4 is 10.6 Å².